The molecule has 0 saturated heterocycles. The molecule has 0 aliphatic rings. The molecule has 1 amide bonds. The second-order valence-electron chi connectivity index (χ2n) is 27.4. The monoisotopic (exact) mass is 1200 g/mol. The van der Waals surface area contributed by atoms with Crippen molar-refractivity contribution < 1.29 is 24.5 Å². The Morgan fingerprint density at radius 3 is 0.835 bits per heavy atom. The summed E-state index contributed by atoms with van der Waals surface area (Å²) in [6.07, 6.45) is 94.6. The van der Waals surface area contributed by atoms with Crippen molar-refractivity contribution in [2.75, 3.05) is 13.2 Å². The first-order valence-corrected chi connectivity index (χ1v) is 39.4. The molecule has 0 bridgehead atoms. The molecule has 2 atom stereocenters. The molecule has 0 rings (SSSR count). The van der Waals surface area contributed by atoms with Gasteiger partial charge in [0.15, 0.2) is 0 Å². The second kappa shape index (κ2) is 75.1. The molecule has 0 aromatic carbocycles. The first kappa shape index (κ1) is 83.6. The fraction of sp³-hybridized carbons (Fsp3) is 0.949. The minimum Gasteiger partial charge on any atom is -0.466 e. The standard InChI is InChI=1S/C79H155NO5/c1-3-5-7-9-11-13-15-17-44-47-51-55-59-63-67-71-77(82)76(75-81)80-78(83)72-68-64-60-56-52-48-45-42-40-38-36-34-32-30-28-26-24-22-20-19-21-23-25-27-29-31-33-35-37-39-41-43-46-50-54-58-62-66-70-74-85-79(84)73-69-65-61-57-53-49-18-16-14-12-10-8-6-4-2/h19-20,76-77,81-82H,3-18,21-75H2,1-2H3,(H,80,83)/b20-19-. The number of aliphatic hydroxyl groups excluding tert-OH is 2. The fourth-order valence-corrected chi connectivity index (χ4v) is 12.8. The summed E-state index contributed by atoms with van der Waals surface area (Å²) in [5, 5.41) is 23.4. The van der Waals surface area contributed by atoms with Gasteiger partial charge in [0.1, 0.15) is 0 Å². The van der Waals surface area contributed by atoms with Gasteiger partial charge in [-0.05, 0) is 51.4 Å². The van der Waals surface area contributed by atoms with Crippen LogP contribution < -0.4 is 5.32 Å². The number of nitrogens with one attached hydrogen (secondary N) is 1. The topological polar surface area (TPSA) is 95.9 Å². The van der Waals surface area contributed by atoms with Gasteiger partial charge in [0.2, 0.25) is 5.91 Å². The van der Waals surface area contributed by atoms with Crippen molar-refractivity contribution in [2.45, 2.75) is 469 Å². The highest BCUT2D eigenvalue weighted by atomic mass is 16.5. The molecule has 0 radical (unpaired) electrons. The Morgan fingerprint density at radius 1 is 0.318 bits per heavy atom. The van der Waals surface area contributed by atoms with Gasteiger partial charge in [-0.25, -0.2) is 0 Å². The van der Waals surface area contributed by atoms with E-state index in [1.807, 2.05) is 0 Å². The summed E-state index contributed by atoms with van der Waals surface area (Å²) in [5.41, 5.74) is 0. The van der Waals surface area contributed by atoms with E-state index in [4.69, 9.17) is 4.74 Å². The number of hydrogen-bond donors (Lipinski definition) is 3. The first-order chi connectivity index (χ1) is 42.0. The van der Waals surface area contributed by atoms with Gasteiger partial charge in [-0.3, -0.25) is 9.59 Å². The third-order valence-corrected chi connectivity index (χ3v) is 18.8. The van der Waals surface area contributed by atoms with Crippen molar-refractivity contribution in [2.24, 2.45) is 0 Å². The fourth-order valence-electron chi connectivity index (χ4n) is 12.8. The quantitative estimate of drug-likeness (QED) is 0.0320. The lowest BCUT2D eigenvalue weighted by atomic mass is 10.0. The highest BCUT2D eigenvalue weighted by Gasteiger charge is 2.20. The Balaban J connectivity index is 3.30. The Morgan fingerprint density at radius 2 is 0.553 bits per heavy atom. The predicted molar refractivity (Wildman–Crippen MR) is 375 cm³/mol. The van der Waals surface area contributed by atoms with E-state index in [2.05, 4.69) is 31.3 Å². The highest BCUT2D eigenvalue weighted by Crippen LogP contribution is 2.20. The van der Waals surface area contributed by atoms with Gasteiger partial charge in [0.05, 0.1) is 25.4 Å². The average molecular weight is 1200 g/mol. The third kappa shape index (κ3) is 71.6. The maximum atomic E-state index is 12.5. The maximum absolute atomic E-state index is 12.5. The molecule has 0 fully saturated rings. The molecular weight excluding hydrogens is 1040 g/mol. The van der Waals surface area contributed by atoms with Gasteiger partial charge in [-0.2, -0.15) is 0 Å². The molecule has 0 aromatic heterocycles. The second-order valence-corrected chi connectivity index (χ2v) is 27.4. The molecule has 0 aliphatic carbocycles. The summed E-state index contributed by atoms with van der Waals surface area (Å²) < 4.78 is 5.50. The SMILES string of the molecule is CCCCCCCCCCCCCCCCCC(O)C(CO)NC(=O)CCCCCCCCCCCCCCCCCCC/C=C\CCCCCCCCCCCCCCCCCCCCOC(=O)CCCCCCCCCCCCCCCC. The van der Waals surface area contributed by atoms with Crippen molar-refractivity contribution >= 4 is 11.9 Å². The van der Waals surface area contributed by atoms with Crippen LogP contribution in [-0.4, -0.2) is 47.4 Å². The predicted octanol–water partition coefficient (Wildman–Crippen LogP) is 25.9. The molecule has 0 heterocycles. The van der Waals surface area contributed by atoms with Crippen LogP contribution >= 0.6 is 0 Å². The van der Waals surface area contributed by atoms with Crippen LogP contribution in [0.2, 0.25) is 0 Å². The van der Waals surface area contributed by atoms with Crippen LogP contribution in [0, 0.1) is 0 Å². The number of hydrogen-bond acceptors (Lipinski definition) is 5. The Bertz CT molecular complexity index is 1290. The highest BCUT2D eigenvalue weighted by molar-refractivity contribution is 5.76. The minimum absolute atomic E-state index is 0.0258. The summed E-state index contributed by atoms with van der Waals surface area (Å²) in [5.74, 6) is -0.000955. The number of aliphatic hydroxyl groups is 2. The lowest BCUT2D eigenvalue weighted by Crippen LogP contribution is -2.45. The Labute approximate surface area is 533 Å². The molecule has 0 spiro atoms. The van der Waals surface area contributed by atoms with Crippen molar-refractivity contribution in [3.8, 4) is 0 Å². The number of carbonyl (C=O) groups is 2. The summed E-state index contributed by atoms with van der Waals surface area (Å²) in [6, 6.07) is -0.537. The summed E-state index contributed by atoms with van der Waals surface area (Å²) in [6.45, 7) is 5.01. The van der Waals surface area contributed by atoms with E-state index in [0.29, 0.717) is 25.9 Å². The number of allylic oxidation sites excluding steroid dienone is 2. The van der Waals surface area contributed by atoms with Crippen molar-refractivity contribution in [3.05, 3.63) is 12.2 Å². The Hall–Kier alpha value is -1.40. The molecular formula is C79H155NO5. The van der Waals surface area contributed by atoms with E-state index in [1.54, 1.807) is 0 Å². The van der Waals surface area contributed by atoms with Gasteiger partial charge in [-0.15, -0.1) is 0 Å². The molecule has 85 heavy (non-hydrogen) atoms. The van der Waals surface area contributed by atoms with E-state index in [0.717, 1.165) is 38.5 Å². The van der Waals surface area contributed by atoms with E-state index < -0.39 is 12.1 Å². The van der Waals surface area contributed by atoms with Crippen molar-refractivity contribution in [1.82, 2.24) is 5.32 Å². The number of carbonyl (C=O) groups excluding carboxylic acids is 2. The molecule has 2 unspecified atom stereocenters. The van der Waals surface area contributed by atoms with Crippen LogP contribution in [0.1, 0.15) is 457 Å². The van der Waals surface area contributed by atoms with E-state index in [1.165, 1.54) is 385 Å². The van der Waals surface area contributed by atoms with Crippen LogP contribution in [0.4, 0.5) is 0 Å². The Kier molecular flexibility index (Phi) is 73.8. The molecule has 6 heteroatoms. The number of esters is 1. The number of rotatable bonds is 75. The smallest absolute Gasteiger partial charge is 0.305 e. The zero-order valence-corrected chi connectivity index (χ0v) is 58.1. The van der Waals surface area contributed by atoms with Gasteiger partial charge < -0.3 is 20.3 Å². The van der Waals surface area contributed by atoms with Gasteiger partial charge in [-0.1, -0.05) is 405 Å². The van der Waals surface area contributed by atoms with Crippen LogP contribution in [-0.2, 0) is 14.3 Å². The number of unbranched alkanes of at least 4 members (excludes halogenated alkanes) is 62. The van der Waals surface area contributed by atoms with E-state index >= 15 is 0 Å². The van der Waals surface area contributed by atoms with Crippen molar-refractivity contribution in [1.29, 1.82) is 0 Å². The van der Waals surface area contributed by atoms with Gasteiger partial charge >= 0.3 is 5.97 Å². The van der Waals surface area contributed by atoms with E-state index in [-0.39, 0.29) is 18.5 Å². The lowest BCUT2D eigenvalue weighted by Gasteiger charge is -2.22. The molecule has 506 valence electrons. The zero-order chi connectivity index (χ0) is 61.3. The maximum Gasteiger partial charge on any atom is 0.305 e. The molecule has 0 aliphatic heterocycles. The largest absolute Gasteiger partial charge is 0.466 e. The zero-order valence-electron chi connectivity index (χ0n) is 58.1. The molecule has 0 aromatic rings. The van der Waals surface area contributed by atoms with Crippen LogP contribution in [0.3, 0.4) is 0 Å². The van der Waals surface area contributed by atoms with Crippen LogP contribution in [0.5, 0.6) is 0 Å². The molecule has 3 N–H and O–H groups in total. The third-order valence-electron chi connectivity index (χ3n) is 18.8. The summed E-state index contributed by atoms with van der Waals surface area (Å²) in [7, 11) is 0. The summed E-state index contributed by atoms with van der Waals surface area (Å²) >= 11 is 0. The van der Waals surface area contributed by atoms with Crippen LogP contribution in [0.15, 0.2) is 12.2 Å². The first-order valence-electron chi connectivity index (χ1n) is 39.4. The van der Waals surface area contributed by atoms with Crippen LogP contribution in [0.25, 0.3) is 0 Å². The average Bonchev–Trinajstić information content (AvgIpc) is 3.51. The molecule has 6 nitrogen and oxygen atoms in total. The minimum atomic E-state index is -0.660. The lowest BCUT2D eigenvalue weighted by molar-refractivity contribution is -0.143. The van der Waals surface area contributed by atoms with Crippen molar-refractivity contribution in [3.63, 3.8) is 0 Å². The van der Waals surface area contributed by atoms with Gasteiger partial charge in [0, 0.05) is 12.8 Å². The number of amides is 1. The number of ether oxygens (including phenoxy) is 1. The normalized spacial score (nSPS) is 12.5. The van der Waals surface area contributed by atoms with Gasteiger partial charge in [0.25, 0.3) is 0 Å². The molecule has 0 saturated carbocycles. The van der Waals surface area contributed by atoms with E-state index in [9.17, 15) is 19.8 Å². The summed E-state index contributed by atoms with van der Waals surface area (Å²) in [4.78, 5) is 24.6.